The van der Waals surface area contributed by atoms with Crippen molar-refractivity contribution in [3.8, 4) is 11.4 Å². The van der Waals surface area contributed by atoms with E-state index < -0.39 is 0 Å². The molecule has 2 heterocycles. The first-order chi connectivity index (χ1) is 14.1. The van der Waals surface area contributed by atoms with Crippen molar-refractivity contribution < 1.29 is 4.79 Å². The van der Waals surface area contributed by atoms with Gasteiger partial charge in [-0.15, -0.1) is 0 Å². The number of rotatable bonds is 5. The van der Waals surface area contributed by atoms with Gasteiger partial charge in [0.25, 0.3) is 5.91 Å². The standard InChI is InChI=1S/C24H26N4O/c1-17-9-8-12-20(15-17)22-25-16-21(23(27-22)28-13-6-7-14-28)24(29)26-18(2)19-10-4-3-5-11-19/h3-5,8-12,15-16,18H,6-7,13-14H2,1-2H3,(H,26,29)/t18-/m0/s1. The van der Waals surface area contributed by atoms with E-state index in [1.807, 2.05) is 49.4 Å². The van der Waals surface area contributed by atoms with Gasteiger partial charge in [-0.25, -0.2) is 9.97 Å². The van der Waals surface area contributed by atoms with Crippen LogP contribution in [0.15, 0.2) is 60.8 Å². The number of anilines is 1. The molecular formula is C24H26N4O. The lowest BCUT2D eigenvalue weighted by Gasteiger charge is -2.21. The molecule has 148 valence electrons. The lowest BCUT2D eigenvalue weighted by Crippen LogP contribution is -2.30. The average Bonchev–Trinajstić information content (AvgIpc) is 3.29. The van der Waals surface area contributed by atoms with Crippen molar-refractivity contribution in [1.29, 1.82) is 0 Å². The number of nitrogens with zero attached hydrogens (tertiary/aromatic N) is 3. The third-order valence-electron chi connectivity index (χ3n) is 5.34. The van der Waals surface area contributed by atoms with Crippen LogP contribution in [0.2, 0.25) is 0 Å². The molecule has 1 aliphatic rings. The Morgan fingerprint density at radius 1 is 1.07 bits per heavy atom. The minimum atomic E-state index is -0.140. The zero-order valence-electron chi connectivity index (χ0n) is 16.9. The van der Waals surface area contributed by atoms with Crippen molar-refractivity contribution >= 4 is 11.7 Å². The van der Waals surface area contributed by atoms with E-state index in [0.29, 0.717) is 11.4 Å². The van der Waals surface area contributed by atoms with Gasteiger partial charge in [0.05, 0.1) is 6.04 Å². The number of aryl methyl sites for hydroxylation is 1. The van der Waals surface area contributed by atoms with Crippen LogP contribution in [0.5, 0.6) is 0 Å². The Bertz CT molecular complexity index is 997. The fourth-order valence-electron chi connectivity index (χ4n) is 3.73. The van der Waals surface area contributed by atoms with E-state index in [1.165, 1.54) is 0 Å². The van der Waals surface area contributed by atoms with Gasteiger partial charge in [0.2, 0.25) is 0 Å². The van der Waals surface area contributed by atoms with Crippen LogP contribution < -0.4 is 10.2 Å². The van der Waals surface area contributed by atoms with Crippen LogP contribution in [-0.2, 0) is 0 Å². The summed E-state index contributed by atoms with van der Waals surface area (Å²) in [7, 11) is 0. The number of nitrogens with one attached hydrogen (secondary N) is 1. The highest BCUT2D eigenvalue weighted by atomic mass is 16.1. The van der Waals surface area contributed by atoms with Crippen LogP contribution in [0, 0.1) is 6.92 Å². The summed E-state index contributed by atoms with van der Waals surface area (Å²) in [4.78, 5) is 24.6. The van der Waals surface area contributed by atoms with Gasteiger partial charge in [-0.05, 0) is 38.3 Å². The van der Waals surface area contributed by atoms with E-state index in [2.05, 4.69) is 34.3 Å². The molecule has 0 unspecified atom stereocenters. The van der Waals surface area contributed by atoms with Crippen molar-refractivity contribution in [2.45, 2.75) is 32.7 Å². The molecule has 2 aromatic carbocycles. The van der Waals surface area contributed by atoms with Crippen LogP contribution in [-0.4, -0.2) is 29.0 Å². The Hall–Kier alpha value is -3.21. The van der Waals surface area contributed by atoms with Gasteiger partial charge in [-0.2, -0.15) is 0 Å². The third kappa shape index (κ3) is 4.29. The Morgan fingerprint density at radius 2 is 1.83 bits per heavy atom. The van der Waals surface area contributed by atoms with Gasteiger partial charge in [0, 0.05) is 24.8 Å². The molecule has 5 heteroatoms. The fourth-order valence-corrected chi connectivity index (χ4v) is 3.73. The smallest absolute Gasteiger partial charge is 0.257 e. The molecule has 0 saturated carbocycles. The van der Waals surface area contributed by atoms with E-state index in [9.17, 15) is 4.79 Å². The molecule has 0 spiro atoms. The van der Waals surface area contributed by atoms with Crippen molar-refractivity contribution in [3.05, 3.63) is 77.5 Å². The van der Waals surface area contributed by atoms with Gasteiger partial charge in [0.1, 0.15) is 11.4 Å². The molecule has 1 N–H and O–H groups in total. The molecule has 4 rings (SSSR count). The topological polar surface area (TPSA) is 58.1 Å². The minimum absolute atomic E-state index is 0.0911. The zero-order valence-corrected chi connectivity index (χ0v) is 16.9. The largest absolute Gasteiger partial charge is 0.356 e. The van der Waals surface area contributed by atoms with Crippen LogP contribution in [0.3, 0.4) is 0 Å². The second-order valence-corrected chi connectivity index (χ2v) is 7.60. The molecule has 1 fully saturated rings. The number of carbonyl (C=O) groups excluding carboxylic acids is 1. The van der Waals surface area contributed by atoms with Gasteiger partial charge >= 0.3 is 0 Å². The highest BCUT2D eigenvalue weighted by Crippen LogP contribution is 2.26. The van der Waals surface area contributed by atoms with Crippen LogP contribution in [0.1, 0.15) is 47.3 Å². The molecule has 29 heavy (non-hydrogen) atoms. The Morgan fingerprint density at radius 3 is 2.55 bits per heavy atom. The predicted octanol–water partition coefficient (Wildman–Crippen LogP) is 4.54. The molecule has 0 bridgehead atoms. The lowest BCUT2D eigenvalue weighted by atomic mass is 10.1. The molecule has 0 radical (unpaired) electrons. The van der Waals surface area contributed by atoms with E-state index in [-0.39, 0.29) is 11.9 Å². The first kappa shape index (κ1) is 19.1. The molecule has 0 aliphatic carbocycles. The molecular weight excluding hydrogens is 360 g/mol. The highest BCUT2D eigenvalue weighted by Gasteiger charge is 2.23. The summed E-state index contributed by atoms with van der Waals surface area (Å²) < 4.78 is 0. The van der Waals surface area contributed by atoms with E-state index in [1.54, 1.807) is 6.20 Å². The molecule has 1 saturated heterocycles. The normalized spacial score (nSPS) is 14.6. The van der Waals surface area contributed by atoms with E-state index >= 15 is 0 Å². The van der Waals surface area contributed by atoms with Gasteiger partial charge in [-0.3, -0.25) is 4.79 Å². The maximum absolute atomic E-state index is 13.1. The predicted molar refractivity (Wildman–Crippen MR) is 116 cm³/mol. The minimum Gasteiger partial charge on any atom is -0.356 e. The first-order valence-corrected chi connectivity index (χ1v) is 10.2. The molecule has 5 nitrogen and oxygen atoms in total. The number of hydrogen-bond donors (Lipinski definition) is 1. The quantitative estimate of drug-likeness (QED) is 0.699. The van der Waals surface area contributed by atoms with Crippen molar-refractivity contribution in [1.82, 2.24) is 15.3 Å². The Labute approximate surface area is 171 Å². The SMILES string of the molecule is Cc1cccc(-c2ncc(C(=O)N[C@@H](C)c3ccccc3)c(N3CCCC3)n2)c1. The van der Waals surface area contributed by atoms with E-state index in [4.69, 9.17) is 4.98 Å². The first-order valence-electron chi connectivity index (χ1n) is 10.2. The molecule has 1 amide bonds. The number of benzene rings is 2. The number of amides is 1. The lowest BCUT2D eigenvalue weighted by molar-refractivity contribution is 0.0939. The molecule has 3 aromatic rings. The third-order valence-corrected chi connectivity index (χ3v) is 5.34. The number of aromatic nitrogens is 2. The Kier molecular flexibility index (Phi) is 5.56. The molecule has 1 aliphatic heterocycles. The van der Waals surface area contributed by atoms with Gasteiger partial charge < -0.3 is 10.2 Å². The maximum Gasteiger partial charge on any atom is 0.257 e. The van der Waals surface area contributed by atoms with Gasteiger partial charge in [-0.1, -0.05) is 54.1 Å². The second kappa shape index (κ2) is 8.43. The van der Waals surface area contributed by atoms with E-state index in [0.717, 1.165) is 48.4 Å². The monoisotopic (exact) mass is 386 g/mol. The summed E-state index contributed by atoms with van der Waals surface area (Å²) in [6, 6.07) is 18.0. The second-order valence-electron chi connectivity index (χ2n) is 7.60. The van der Waals surface area contributed by atoms with Crippen molar-refractivity contribution in [2.24, 2.45) is 0 Å². The van der Waals surface area contributed by atoms with Crippen molar-refractivity contribution in [2.75, 3.05) is 18.0 Å². The van der Waals surface area contributed by atoms with Crippen LogP contribution in [0.4, 0.5) is 5.82 Å². The fraction of sp³-hybridized carbons (Fsp3) is 0.292. The summed E-state index contributed by atoms with van der Waals surface area (Å²) in [5, 5.41) is 3.10. The van der Waals surface area contributed by atoms with Crippen LogP contribution in [0.25, 0.3) is 11.4 Å². The van der Waals surface area contributed by atoms with Crippen molar-refractivity contribution in [3.63, 3.8) is 0 Å². The molecule has 1 aromatic heterocycles. The summed E-state index contributed by atoms with van der Waals surface area (Å²) in [5.41, 5.74) is 3.73. The maximum atomic E-state index is 13.1. The zero-order chi connectivity index (χ0) is 20.2. The summed E-state index contributed by atoms with van der Waals surface area (Å²) >= 11 is 0. The number of hydrogen-bond acceptors (Lipinski definition) is 4. The highest BCUT2D eigenvalue weighted by molar-refractivity contribution is 5.99. The Balaban J connectivity index is 1.65. The average molecular weight is 386 g/mol. The summed E-state index contributed by atoms with van der Waals surface area (Å²) in [6.45, 7) is 5.87. The van der Waals surface area contributed by atoms with Gasteiger partial charge in [0.15, 0.2) is 5.82 Å². The number of carbonyl (C=O) groups is 1. The molecule has 1 atom stereocenters. The summed E-state index contributed by atoms with van der Waals surface area (Å²) in [6.07, 6.45) is 3.90. The summed E-state index contributed by atoms with van der Waals surface area (Å²) in [5.74, 6) is 1.24. The van der Waals surface area contributed by atoms with Crippen LogP contribution >= 0.6 is 0 Å².